The van der Waals surface area contributed by atoms with E-state index in [0.29, 0.717) is 4.88 Å². The second-order valence-electron chi connectivity index (χ2n) is 3.73. The molecular weight excluding hydrogens is 196 g/mol. The zero-order valence-electron chi connectivity index (χ0n) is 8.87. The van der Waals surface area contributed by atoms with Crippen molar-refractivity contribution < 1.29 is 4.79 Å². The van der Waals surface area contributed by atoms with Crippen LogP contribution in [-0.4, -0.2) is 15.4 Å². The summed E-state index contributed by atoms with van der Waals surface area (Å²) in [5, 5.41) is 3.96. The second-order valence-corrected chi connectivity index (χ2v) is 4.48. The molecule has 0 N–H and O–H groups in total. The number of hydrogen-bond donors (Lipinski definition) is 0. The normalized spacial score (nSPS) is 10.4. The Labute approximate surface area is 88.0 Å². The van der Waals surface area contributed by atoms with Crippen molar-refractivity contribution >= 4 is 17.3 Å². The van der Waals surface area contributed by atoms with E-state index in [2.05, 4.69) is 9.59 Å². The predicted octanol–water partition coefficient (Wildman–Crippen LogP) is 2.81. The predicted molar refractivity (Wildman–Crippen MR) is 57.8 cm³/mol. The molecule has 0 saturated heterocycles. The molecule has 4 heteroatoms. The minimum Gasteiger partial charge on any atom is -0.288 e. The average Bonchev–Trinajstić information content (AvgIpc) is 2.49. The first kappa shape index (κ1) is 11.0. The zero-order valence-corrected chi connectivity index (χ0v) is 9.68. The maximum atomic E-state index is 11.7. The van der Waals surface area contributed by atoms with Crippen molar-refractivity contribution in [3.05, 3.63) is 22.2 Å². The summed E-state index contributed by atoms with van der Waals surface area (Å²) in [6.45, 7) is 7.83. The van der Waals surface area contributed by atoms with Crippen LogP contribution in [0.25, 0.3) is 0 Å². The Kier molecular flexibility index (Phi) is 3.52. The van der Waals surface area contributed by atoms with Crippen LogP contribution < -0.4 is 0 Å². The minimum atomic E-state index is 0.0173. The number of allylic oxidation sites excluding steroid dienone is 2. The number of hydrogen-bond acceptors (Lipinski definition) is 4. The summed E-state index contributed by atoms with van der Waals surface area (Å²) in [5.74, 6) is 0.266. The van der Waals surface area contributed by atoms with Crippen LogP contribution in [0, 0.1) is 0 Å². The van der Waals surface area contributed by atoms with Crippen molar-refractivity contribution in [3.8, 4) is 0 Å². The summed E-state index contributed by atoms with van der Waals surface area (Å²) in [7, 11) is 0. The topological polar surface area (TPSA) is 42.9 Å². The molecule has 76 valence electrons. The molecule has 1 heterocycles. The van der Waals surface area contributed by atoms with Crippen molar-refractivity contribution in [2.75, 3.05) is 0 Å². The lowest BCUT2D eigenvalue weighted by Crippen LogP contribution is -1.99. The van der Waals surface area contributed by atoms with E-state index in [9.17, 15) is 4.79 Å². The van der Waals surface area contributed by atoms with Crippen molar-refractivity contribution in [2.24, 2.45) is 0 Å². The summed E-state index contributed by atoms with van der Waals surface area (Å²) in [5.41, 5.74) is 1.80. The molecule has 0 atom stereocenters. The fourth-order valence-corrected chi connectivity index (χ4v) is 1.80. The highest BCUT2D eigenvalue weighted by Gasteiger charge is 2.16. The standard InChI is InChI=1S/C10H14N2OS/c1-6(2)5-8(13)10-9(7(3)4)11-12-14-10/h5,7H,1-4H3. The van der Waals surface area contributed by atoms with E-state index < -0.39 is 0 Å². The number of carbonyl (C=O) groups is 1. The molecule has 0 radical (unpaired) electrons. The van der Waals surface area contributed by atoms with Gasteiger partial charge in [-0.2, -0.15) is 0 Å². The quantitative estimate of drug-likeness (QED) is 0.569. The van der Waals surface area contributed by atoms with Gasteiger partial charge in [-0.1, -0.05) is 23.9 Å². The Morgan fingerprint density at radius 2 is 2.07 bits per heavy atom. The van der Waals surface area contributed by atoms with E-state index in [1.165, 1.54) is 11.5 Å². The second kappa shape index (κ2) is 4.46. The lowest BCUT2D eigenvalue weighted by molar-refractivity contribution is 0.104. The van der Waals surface area contributed by atoms with Crippen LogP contribution in [0.15, 0.2) is 11.6 Å². The Bertz CT molecular complexity index is 362. The van der Waals surface area contributed by atoms with Crippen LogP contribution >= 0.6 is 11.5 Å². The molecule has 0 aromatic carbocycles. The molecule has 0 spiro atoms. The molecule has 1 aromatic rings. The smallest absolute Gasteiger partial charge is 0.199 e. The number of carbonyl (C=O) groups excluding carboxylic acids is 1. The number of ketones is 1. The molecule has 0 aliphatic carbocycles. The summed E-state index contributed by atoms with van der Waals surface area (Å²) >= 11 is 1.17. The first-order chi connectivity index (χ1) is 6.52. The van der Waals surface area contributed by atoms with Crippen molar-refractivity contribution in [1.82, 2.24) is 9.59 Å². The Balaban J connectivity index is 3.01. The van der Waals surface area contributed by atoms with Crippen molar-refractivity contribution in [2.45, 2.75) is 33.6 Å². The summed E-state index contributed by atoms with van der Waals surface area (Å²) in [4.78, 5) is 12.4. The van der Waals surface area contributed by atoms with Gasteiger partial charge in [-0.25, -0.2) is 0 Å². The molecule has 0 saturated carbocycles. The van der Waals surface area contributed by atoms with Gasteiger partial charge in [0.1, 0.15) is 4.88 Å². The number of aromatic nitrogens is 2. The largest absolute Gasteiger partial charge is 0.288 e. The van der Waals surface area contributed by atoms with Gasteiger partial charge in [0.25, 0.3) is 0 Å². The fraction of sp³-hybridized carbons (Fsp3) is 0.500. The lowest BCUT2D eigenvalue weighted by Gasteiger charge is -2.00. The molecule has 1 rings (SSSR count). The maximum absolute atomic E-state index is 11.7. The van der Waals surface area contributed by atoms with Crippen molar-refractivity contribution in [3.63, 3.8) is 0 Å². The van der Waals surface area contributed by atoms with E-state index >= 15 is 0 Å². The molecular formula is C10H14N2OS. The molecule has 0 amide bonds. The highest BCUT2D eigenvalue weighted by atomic mass is 32.1. The van der Waals surface area contributed by atoms with Crippen LogP contribution in [0.4, 0.5) is 0 Å². The molecule has 0 aliphatic heterocycles. The highest BCUT2D eigenvalue weighted by molar-refractivity contribution is 7.08. The van der Waals surface area contributed by atoms with Gasteiger partial charge in [0.2, 0.25) is 0 Å². The molecule has 14 heavy (non-hydrogen) atoms. The van der Waals surface area contributed by atoms with Crippen LogP contribution in [0.3, 0.4) is 0 Å². The van der Waals surface area contributed by atoms with Crippen LogP contribution in [-0.2, 0) is 0 Å². The zero-order chi connectivity index (χ0) is 10.7. The number of nitrogens with zero attached hydrogens (tertiary/aromatic N) is 2. The number of rotatable bonds is 3. The van der Waals surface area contributed by atoms with E-state index in [0.717, 1.165) is 11.3 Å². The molecule has 3 nitrogen and oxygen atoms in total. The van der Waals surface area contributed by atoms with E-state index in [1.807, 2.05) is 27.7 Å². The molecule has 1 aromatic heterocycles. The van der Waals surface area contributed by atoms with Gasteiger partial charge < -0.3 is 0 Å². The Morgan fingerprint density at radius 3 is 2.57 bits per heavy atom. The summed E-state index contributed by atoms with van der Waals surface area (Å²) in [6.07, 6.45) is 1.63. The molecule has 0 aliphatic rings. The van der Waals surface area contributed by atoms with Gasteiger partial charge >= 0.3 is 0 Å². The van der Waals surface area contributed by atoms with Crippen LogP contribution in [0.2, 0.25) is 0 Å². The van der Waals surface area contributed by atoms with Gasteiger partial charge in [0.15, 0.2) is 5.78 Å². The van der Waals surface area contributed by atoms with Gasteiger partial charge in [-0.3, -0.25) is 4.79 Å². The minimum absolute atomic E-state index is 0.0173. The van der Waals surface area contributed by atoms with Gasteiger partial charge in [0, 0.05) is 0 Å². The monoisotopic (exact) mass is 210 g/mol. The SMILES string of the molecule is CC(C)=CC(=O)c1snnc1C(C)C. The highest BCUT2D eigenvalue weighted by Crippen LogP contribution is 2.20. The summed E-state index contributed by atoms with van der Waals surface area (Å²) < 4.78 is 3.81. The average molecular weight is 210 g/mol. The van der Waals surface area contributed by atoms with E-state index in [-0.39, 0.29) is 11.7 Å². The Hall–Kier alpha value is -1.03. The van der Waals surface area contributed by atoms with Gasteiger partial charge in [0.05, 0.1) is 5.69 Å². The Morgan fingerprint density at radius 1 is 1.43 bits per heavy atom. The van der Waals surface area contributed by atoms with Crippen LogP contribution in [0.5, 0.6) is 0 Å². The van der Waals surface area contributed by atoms with E-state index in [1.54, 1.807) is 6.08 Å². The van der Waals surface area contributed by atoms with Crippen LogP contribution in [0.1, 0.15) is 49.0 Å². The molecule has 0 bridgehead atoms. The molecule has 0 unspecified atom stereocenters. The van der Waals surface area contributed by atoms with Crippen molar-refractivity contribution in [1.29, 1.82) is 0 Å². The maximum Gasteiger partial charge on any atom is 0.199 e. The summed E-state index contributed by atoms with van der Waals surface area (Å²) in [6, 6.07) is 0. The third-order valence-corrected chi connectivity index (χ3v) is 2.46. The van der Waals surface area contributed by atoms with Gasteiger partial charge in [-0.05, 0) is 37.4 Å². The third kappa shape index (κ3) is 2.48. The van der Waals surface area contributed by atoms with Gasteiger partial charge in [-0.15, -0.1) is 5.10 Å². The van der Waals surface area contributed by atoms with E-state index in [4.69, 9.17) is 0 Å². The first-order valence-corrected chi connectivity index (χ1v) is 5.31. The first-order valence-electron chi connectivity index (χ1n) is 4.54. The lowest BCUT2D eigenvalue weighted by atomic mass is 10.1. The third-order valence-electron chi connectivity index (χ3n) is 1.70. The fourth-order valence-electron chi connectivity index (χ4n) is 1.07. The molecule has 0 fully saturated rings.